The van der Waals surface area contributed by atoms with E-state index in [1.54, 1.807) is 0 Å². The fraction of sp³-hybridized carbons (Fsp3) is 0.375. The third-order valence-corrected chi connectivity index (χ3v) is 1.90. The van der Waals surface area contributed by atoms with Gasteiger partial charge in [0.25, 0.3) is 11.8 Å². The summed E-state index contributed by atoms with van der Waals surface area (Å²) in [6.07, 6.45) is 2.32. The number of nitrogens with zero attached hydrogens (tertiary/aromatic N) is 1. The molecule has 1 unspecified atom stereocenters. The second-order valence-electron chi connectivity index (χ2n) is 2.79. The van der Waals surface area contributed by atoms with Crippen LogP contribution >= 0.6 is 0 Å². The fourth-order valence-corrected chi connectivity index (χ4v) is 1.23. The fourth-order valence-electron chi connectivity index (χ4n) is 1.23. The molecule has 2 amide bonds. The Hall–Kier alpha value is -1.49. The van der Waals surface area contributed by atoms with Crippen molar-refractivity contribution in [2.24, 2.45) is 0 Å². The van der Waals surface area contributed by atoms with Gasteiger partial charge in [-0.2, -0.15) is 0 Å². The van der Waals surface area contributed by atoms with Crippen LogP contribution in [0.5, 0.6) is 0 Å². The van der Waals surface area contributed by atoms with Gasteiger partial charge in [-0.1, -0.05) is 0 Å². The molecule has 1 aliphatic rings. The van der Waals surface area contributed by atoms with Gasteiger partial charge in [0.05, 0.1) is 0 Å². The first-order valence-electron chi connectivity index (χ1n) is 3.93. The van der Waals surface area contributed by atoms with E-state index in [0.717, 1.165) is 17.1 Å². The van der Waals surface area contributed by atoms with Crippen LogP contribution in [0.4, 0.5) is 0 Å². The molecule has 0 aromatic carbocycles. The Labute approximate surface area is 75.2 Å². The predicted octanol–water partition coefficient (Wildman–Crippen LogP) is -1.89. The molecule has 1 rings (SSSR count). The largest absolute Gasteiger partial charge is 0.355 e. The Kier molecular flexibility index (Phi) is 2.57. The molecule has 0 saturated heterocycles. The molecule has 5 nitrogen and oxygen atoms in total. The molecule has 0 radical (unpaired) electrons. The minimum absolute atomic E-state index is 0.217. The first kappa shape index (κ1) is 9.60. The van der Waals surface area contributed by atoms with Crippen molar-refractivity contribution in [3.63, 3.8) is 0 Å². The number of hydrogen-bond acceptors (Lipinski definition) is 3. The summed E-state index contributed by atoms with van der Waals surface area (Å²) in [6.45, 7) is 1.56. The average molecular weight is 183 g/mol. The lowest BCUT2D eigenvalue weighted by Gasteiger charge is -2.20. The lowest BCUT2D eigenvalue weighted by Crippen LogP contribution is -2.63. The molecule has 5 heteroatoms. The van der Waals surface area contributed by atoms with Crippen molar-refractivity contribution in [1.29, 1.82) is 0 Å². The zero-order chi connectivity index (χ0) is 10.0. The van der Waals surface area contributed by atoms with E-state index in [-0.39, 0.29) is 12.3 Å². The number of rotatable bonds is 3. The summed E-state index contributed by atoms with van der Waals surface area (Å²) in [7, 11) is 0. The van der Waals surface area contributed by atoms with Gasteiger partial charge in [-0.15, -0.1) is 0 Å². The Bertz CT molecular complexity index is 278. The SMILES string of the molecule is CC(=O)C(C[NH3+])N1C(=O)C=CC1=O. The highest BCUT2D eigenvalue weighted by Crippen LogP contribution is 2.08. The number of carbonyl (C=O) groups is 3. The molecule has 13 heavy (non-hydrogen) atoms. The maximum atomic E-state index is 11.1. The van der Waals surface area contributed by atoms with Crippen LogP contribution in [0, 0.1) is 0 Å². The summed E-state index contributed by atoms with van der Waals surface area (Å²) in [5, 5.41) is 0. The van der Waals surface area contributed by atoms with Crippen molar-refractivity contribution in [2.45, 2.75) is 13.0 Å². The second kappa shape index (κ2) is 3.49. The lowest BCUT2D eigenvalue weighted by atomic mass is 10.2. The zero-order valence-corrected chi connectivity index (χ0v) is 7.32. The third-order valence-electron chi connectivity index (χ3n) is 1.90. The Morgan fingerprint density at radius 2 is 1.92 bits per heavy atom. The second-order valence-corrected chi connectivity index (χ2v) is 2.79. The lowest BCUT2D eigenvalue weighted by molar-refractivity contribution is -0.373. The van der Waals surface area contributed by atoms with Crippen molar-refractivity contribution < 1.29 is 20.1 Å². The Morgan fingerprint density at radius 3 is 2.23 bits per heavy atom. The number of ketones is 1. The summed E-state index contributed by atoms with van der Waals surface area (Å²) >= 11 is 0. The van der Waals surface area contributed by atoms with Gasteiger partial charge in [-0.25, -0.2) is 0 Å². The molecule has 0 aromatic rings. The van der Waals surface area contributed by atoms with E-state index in [4.69, 9.17) is 0 Å². The molecule has 1 aliphatic heterocycles. The third kappa shape index (κ3) is 1.65. The minimum atomic E-state index is -0.713. The number of amides is 2. The van der Waals surface area contributed by atoms with E-state index in [2.05, 4.69) is 5.73 Å². The average Bonchev–Trinajstić information content (AvgIpc) is 2.36. The van der Waals surface area contributed by atoms with Crippen molar-refractivity contribution in [3.8, 4) is 0 Å². The molecule has 1 heterocycles. The van der Waals surface area contributed by atoms with Crippen LogP contribution in [0.1, 0.15) is 6.92 Å². The quantitative estimate of drug-likeness (QED) is 0.519. The van der Waals surface area contributed by atoms with E-state index in [0.29, 0.717) is 0 Å². The van der Waals surface area contributed by atoms with Gasteiger partial charge in [0.1, 0.15) is 12.6 Å². The van der Waals surface area contributed by atoms with E-state index in [9.17, 15) is 14.4 Å². The maximum Gasteiger partial charge on any atom is 0.254 e. The molecule has 0 fully saturated rings. The predicted molar refractivity (Wildman–Crippen MR) is 43.2 cm³/mol. The molecule has 3 N–H and O–H groups in total. The minimum Gasteiger partial charge on any atom is -0.355 e. The topological polar surface area (TPSA) is 82.1 Å². The first-order valence-corrected chi connectivity index (χ1v) is 3.93. The van der Waals surface area contributed by atoms with Crippen molar-refractivity contribution in [1.82, 2.24) is 4.90 Å². The normalized spacial score (nSPS) is 18.2. The van der Waals surface area contributed by atoms with Crippen molar-refractivity contribution >= 4 is 17.6 Å². The number of imide groups is 1. The van der Waals surface area contributed by atoms with Gasteiger partial charge in [0.2, 0.25) is 0 Å². The monoisotopic (exact) mass is 183 g/mol. The smallest absolute Gasteiger partial charge is 0.254 e. The van der Waals surface area contributed by atoms with Crippen molar-refractivity contribution in [2.75, 3.05) is 6.54 Å². The molecule has 0 spiro atoms. The van der Waals surface area contributed by atoms with Crippen LogP contribution in [0.2, 0.25) is 0 Å². The van der Waals surface area contributed by atoms with E-state index >= 15 is 0 Å². The van der Waals surface area contributed by atoms with Gasteiger partial charge in [-0.05, 0) is 6.92 Å². The van der Waals surface area contributed by atoms with Crippen LogP contribution in [0.15, 0.2) is 12.2 Å². The molecular weight excluding hydrogens is 172 g/mol. The number of Topliss-reactive ketones (excluding diaryl/α,β-unsaturated/α-hetero) is 1. The molecule has 1 atom stereocenters. The summed E-state index contributed by atoms with van der Waals surface area (Å²) in [6, 6.07) is -0.713. The van der Waals surface area contributed by atoms with Crippen LogP contribution < -0.4 is 5.73 Å². The first-order chi connectivity index (χ1) is 6.07. The number of carbonyl (C=O) groups excluding carboxylic acids is 3. The summed E-state index contributed by atoms with van der Waals surface area (Å²) < 4.78 is 0. The molecular formula is C8H11N2O3+. The maximum absolute atomic E-state index is 11.1. The molecule has 0 aromatic heterocycles. The molecule has 0 aliphatic carbocycles. The standard InChI is InChI=1S/C8H10N2O3/c1-5(11)6(4-9)10-7(12)2-3-8(10)13/h2-3,6H,4,9H2,1H3/p+1. The van der Waals surface area contributed by atoms with Gasteiger partial charge >= 0.3 is 0 Å². The van der Waals surface area contributed by atoms with E-state index in [1.807, 2.05) is 0 Å². The van der Waals surface area contributed by atoms with E-state index < -0.39 is 17.9 Å². The number of quaternary nitrogens is 1. The summed E-state index contributed by atoms with van der Waals surface area (Å²) in [5.41, 5.74) is 3.53. The van der Waals surface area contributed by atoms with Gasteiger partial charge < -0.3 is 5.73 Å². The zero-order valence-electron chi connectivity index (χ0n) is 7.32. The van der Waals surface area contributed by atoms with Gasteiger partial charge in [0.15, 0.2) is 5.78 Å². The van der Waals surface area contributed by atoms with Crippen LogP contribution in [-0.2, 0) is 14.4 Å². The molecule has 0 bridgehead atoms. The van der Waals surface area contributed by atoms with E-state index in [1.165, 1.54) is 6.92 Å². The molecule has 70 valence electrons. The van der Waals surface area contributed by atoms with Crippen molar-refractivity contribution in [3.05, 3.63) is 12.2 Å². The highest BCUT2D eigenvalue weighted by molar-refractivity contribution is 6.15. The Balaban J connectivity index is 2.87. The van der Waals surface area contributed by atoms with Crippen LogP contribution in [0.3, 0.4) is 0 Å². The summed E-state index contributed by atoms with van der Waals surface area (Å²) in [5.74, 6) is -1.09. The van der Waals surface area contributed by atoms with Crippen LogP contribution in [0.25, 0.3) is 0 Å². The van der Waals surface area contributed by atoms with Gasteiger partial charge in [-0.3, -0.25) is 19.3 Å². The van der Waals surface area contributed by atoms with Gasteiger partial charge in [0, 0.05) is 12.2 Å². The Morgan fingerprint density at radius 1 is 1.46 bits per heavy atom. The molecule has 0 saturated carbocycles. The highest BCUT2D eigenvalue weighted by atomic mass is 16.2. The number of hydrogen-bond donors (Lipinski definition) is 1. The van der Waals surface area contributed by atoms with Crippen LogP contribution in [-0.4, -0.2) is 35.1 Å². The summed E-state index contributed by atoms with van der Waals surface area (Å²) in [4.78, 5) is 34.2. The highest BCUT2D eigenvalue weighted by Gasteiger charge is 2.34.